The fourth-order valence-corrected chi connectivity index (χ4v) is 3.94. The van der Waals surface area contributed by atoms with Crippen LogP contribution in [0.4, 0.5) is 5.69 Å². The quantitative estimate of drug-likeness (QED) is 0.594. The molecule has 0 fully saturated rings. The Morgan fingerprint density at radius 3 is 2.19 bits per heavy atom. The monoisotopic (exact) mass is 421 g/mol. The zero-order valence-corrected chi connectivity index (χ0v) is 17.2. The van der Waals surface area contributed by atoms with Crippen LogP contribution in [-0.4, -0.2) is 51.1 Å². The van der Waals surface area contributed by atoms with Gasteiger partial charge >= 0.3 is 11.9 Å². The van der Waals surface area contributed by atoms with Crippen molar-refractivity contribution in [3.8, 4) is 0 Å². The summed E-state index contributed by atoms with van der Waals surface area (Å²) < 4.78 is 15.2. The number of rotatable bonds is 3. The molecule has 2 aromatic rings. The Morgan fingerprint density at radius 1 is 0.903 bits per heavy atom. The lowest BCUT2D eigenvalue weighted by atomic mass is 9.82. The van der Waals surface area contributed by atoms with Gasteiger partial charge in [-0.1, -0.05) is 30.3 Å². The highest BCUT2D eigenvalue weighted by Gasteiger charge is 2.38. The SMILES string of the molecule is COC(=O)C1=C(C(=O)OC)N(c2c(C)ccc3c2C(=O)c2ccccc2C3=O)COC1. The van der Waals surface area contributed by atoms with Crippen LogP contribution in [0.25, 0.3) is 0 Å². The van der Waals surface area contributed by atoms with Gasteiger partial charge in [-0.25, -0.2) is 9.59 Å². The van der Waals surface area contributed by atoms with E-state index < -0.39 is 11.9 Å². The van der Waals surface area contributed by atoms with Gasteiger partial charge in [-0.2, -0.15) is 0 Å². The van der Waals surface area contributed by atoms with Crippen molar-refractivity contribution in [3.63, 3.8) is 0 Å². The second-order valence-corrected chi connectivity index (χ2v) is 7.07. The van der Waals surface area contributed by atoms with E-state index in [1.165, 1.54) is 19.1 Å². The van der Waals surface area contributed by atoms with Gasteiger partial charge in [0.15, 0.2) is 11.6 Å². The first kappa shape index (κ1) is 20.5. The number of carbonyl (C=O) groups is 4. The molecule has 0 saturated heterocycles. The number of esters is 2. The first-order valence-electron chi connectivity index (χ1n) is 9.47. The number of fused-ring (bicyclic) bond motifs is 2. The number of hydrogen-bond donors (Lipinski definition) is 0. The molecule has 0 spiro atoms. The molecule has 0 bridgehead atoms. The number of ether oxygens (including phenoxy) is 3. The molecule has 0 amide bonds. The molecule has 4 rings (SSSR count). The van der Waals surface area contributed by atoms with Crippen molar-refractivity contribution in [1.29, 1.82) is 0 Å². The van der Waals surface area contributed by atoms with Crippen LogP contribution in [0.2, 0.25) is 0 Å². The molecular formula is C23H19NO7. The van der Waals surface area contributed by atoms with Gasteiger partial charge in [-0.3, -0.25) is 9.59 Å². The standard InChI is InChI=1S/C23H19NO7/c1-12-8-9-15-17(21(26)14-7-5-4-6-13(14)20(15)25)18(12)24-11-31-10-16(22(27)29-2)19(24)23(28)30-3/h4-9H,10-11H2,1-3H3. The molecule has 0 radical (unpaired) electrons. The van der Waals surface area contributed by atoms with Crippen molar-refractivity contribution in [2.45, 2.75) is 6.92 Å². The van der Waals surface area contributed by atoms with Gasteiger partial charge in [-0.15, -0.1) is 0 Å². The molecule has 0 atom stereocenters. The number of ketones is 2. The number of benzene rings is 2. The van der Waals surface area contributed by atoms with Crippen LogP contribution in [0, 0.1) is 6.92 Å². The Hall–Kier alpha value is -3.78. The summed E-state index contributed by atoms with van der Waals surface area (Å²) in [5, 5.41) is 0. The summed E-state index contributed by atoms with van der Waals surface area (Å²) >= 11 is 0. The third kappa shape index (κ3) is 3.12. The lowest BCUT2D eigenvalue weighted by Crippen LogP contribution is -2.40. The summed E-state index contributed by atoms with van der Waals surface area (Å²) in [6, 6.07) is 9.87. The normalized spacial score (nSPS) is 15.4. The first-order valence-corrected chi connectivity index (χ1v) is 9.47. The van der Waals surface area contributed by atoms with Crippen molar-refractivity contribution in [1.82, 2.24) is 0 Å². The fourth-order valence-electron chi connectivity index (χ4n) is 3.94. The van der Waals surface area contributed by atoms with Crippen molar-refractivity contribution in [2.24, 2.45) is 0 Å². The molecule has 8 nitrogen and oxygen atoms in total. The minimum absolute atomic E-state index is 0.0346. The second-order valence-electron chi connectivity index (χ2n) is 7.07. The van der Waals surface area contributed by atoms with Crippen LogP contribution >= 0.6 is 0 Å². The highest BCUT2D eigenvalue weighted by molar-refractivity contribution is 6.30. The van der Waals surface area contributed by atoms with Crippen LogP contribution in [-0.2, 0) is 23.8 Å². The average Bonchev–Trinajstić information content (AvgIpc) is 2.80. The molecule has 8 heteroatoms. The minimum atomic E-state index is -0.782. The lowest BCUT2D eigenvalue weighted by Gasteiger charge is -2.34. The number of anilines is 1. The highest BCUT2D eigenvalue weighted by Crippen LogP contribution is 2.39. The number of carbonyl (C=O) groups excluding carboxylic acids is 4. The van der Waals surface area contributed by atoms with Crippen molar-refractivity contribution in [2.75, 3.05) is 32.5 Å². The lowest BCUT2D eigenvalue weighted by molar-refractivity contribution is -0.140. The van der Waals surface area contributed by atoms with Gasteiger partial charge in [0.05, 0.1) is 37.7 Å². The number of nitrogens with zero attached hydrogens (tertiary/aromatic N) is 1. The molecule has 2 aromatic carbocycles. The summed E-state index contributed by atoms with van der Waals surface area (Å²) in [6.45, 7) is 1.47. The summed E-state index contributed by atoms with van der Waals surface area (Å²) in [5.41, 5.74) is 1.79. The smallest absolute Gasteiger partial charge is 0.355 e. The molecule has 1 aliphatic carbocycles. The van der Waals surface area contributed by atoms with Crippen molar-refractivity contribution < 1.29 is 33.4 Å². The van der Waals surface area contributed by atoms with E-state index >= 15 is 0 Å². The molecule has 158 valence electrons. The molecule has 0 unspecified atom stereocenters. The zero-order valence-electron chi connectivity index (χ0n) is 17.2. The first-order chi connectivity index (χ1) is 14.9. The predicted molar refractivity (Wildman–Crippen MR) is 109 cm³/mol. The molecule has 2 aliphatic rings. The Kier molecular flexibility index (Phi) is 5.16. The molecule has 0 N–H and O–H groups in total. The number of methoxy groups -OCH3 is 2. The van der Waals surface area contributed by atoms with Gasteiger partial charge in [-0.05, 0) is 18.6 Å². The van der Waals surface area contributed by atoms with Crippen LogP contribution in [0.1, 0.15) is 37.4 Å². The molecule has 0 saturated carbocycles. The maximum atomic E-state index is 13.4. The van der Waals surface area contributed by atoms with Gasteiger partial charge in [0.2, 0.25) is 0 Å². The molecule has 1 aliphatic heterocycles. The highest BCUT2D eigenvalue weighted by atomic mass is 16.5. The molecule has 0 aromatic heterocycles. The molecule has 1 heterocycles. The van der Waals surface area contributed by atoms with E-state index in [1.54, 1.807) is 43.3 Å². The Morgan fingerprint density at radius 2 is 1.55 bits per heavy atom. The van der Waals surface area contributed by atoms with Gasteiger partial charge < -0.3 is 19.1 Å². The Balaban J connectivity index is 1.99. The summed E-state index contributed by atoms with van der Waals surface area (Å²) in [6.07, 6.45) is 0. The van der Waals surface area contributed by atoms with E-state index in [4.69, 9.17) is 14.2 Å². The van der Waals surface area contributed by atoms with E-state index in [9.17, 15) is 19.2 Å². The van der Waals surface area contributed by atoms with Crippen LogP contribution in [0.3, 0.4) is 0 Å². The Bertz CT molecular complexity index is 1180. The maximum Gasteiger partial charge on any atom is 0.355 e. The fraction of sp³-hybridized carbons (Fsp3) is 0.217. The van der Waals surface area contributed by atoms with Gasteiger partial charge in [0.25, 0.3) is 0 Å². The van der Waals surface area contributed by atoms with E-state index in [0.717, 1.165) is 0 Å². The van der Waals surface area contributed by atoms with E-state index in [0.29, 0.717) is 16.8 Å². The topological polar surface area (TPSA) is 99.2 Å². The van der Waals surface area contributed by atoms with Crippen LogP contribution in [0.5, 0.6) is 0 Å². The van der Waals surface area contributed by atoms with Crippen molar-refractivity contribution in [3.05, 3.63) is 75.5 Å². The number of hydrogen-bond acceptors (Lipinski definition) is 8. The van der Waals surface area contributed by atoms with E-state index in [-0.39, 0.29) is 52.9 Å². The minimum Gasteiger partial charge on any atom is -0.466 e. The van der Waals surface area contributed by atoms with Crippen LogP contribution in [0.15, 0.2) is 47.7 Å². The average molecular weight is 421 g/mol. The zero-order chi connectivity index (χ0) is 22.3. The predicted octanol–water partition coefficient (Wildman–Crippen LogP) is 2.16. The van der Waals surface area contributed by atoms with Gasteiger partial charge in [0, 0.05) is 16.7 Å². The van der Waals surface area contributed by atoms with Gasteiger partial charge in [0.1, 0.15) is 12.4 Å². The van der Waals surface area contributed by atoms with E-state index in [1.807, 2.05) is 0 Å². The summed E-state index contributed by atoms with van der Waals surface area (Å²) in [4.78, 5) is 52.9. The third-order valence-electron chi connectivity index (χ3n) is 5.37. The molecular weight excluding hydrogens is 402 g/mol. The Labute approximate surface area is 178 Å². The maximum absolute atomic E-state index is 13.4. The second kappa shape index (κ2) is 7.81. The van der Waals surface area contributed by atoms with Crippen molar-refractivity contribution >= 4 is 29.2 Å². The largest absolute Gasteiger partial charge is 0.466 e. The summed E-state index contributed by atoms with van der Waals surface area (Å²) in [7, 11) is 2.38. The molecule has 31 heavy (non-hydrogen) atoms. The van der Waals surface area contributed by atoms with Crippen LogP contribution < -0.4 is 4.90 Å². The summed E-state index contributed by atoms with van der Waals surface area (Å²) in [5.74, 6) is -2.17. The van der Waals surface area contributed by atoms with E-state index in [2.05, 4.69) is 0 Å². The number of aryl methyl sites for hydroxylation is 1. The third-order valence-corrected chi connectivity index (χ3v) is 5.37.